The Morgan fingerprint density at radius 3 is 2.39 bits per heavy atom. The number of alkyl halides is 3. The summed E-state index contributed by atoms with van der Waals surface area (Å²) in [5.41, 5.74) is -0.249. The van der Waals surface area contributed by atoms with Crippen molar-refractivity contribution in [2.24, 2.45) is 0 Å². The molecule has 23 heavy (non-hydrogen) atoms. The zero-order chi connectivity index (χ0) is 16.6. The summed E-state index contributed by atoms with van der Waals surface area (Å²) < 4.78 is 48.7. The van der Waals surface area contributed by atoms with Gasteiger partial charge in [-0.2, -0.15) is 13.2 Å². The molecule has 3 rings (SSSR count). The summed E-state index contributed by atoms with van der Waals surface area (Å²) in [5.74, 6) is 1.09. The molecule has 0 saturated heterocycles. The van der Waals surface area contributed by atoms with Crippen LogP contribution in [-0.2, 0) is 6.18 Å². The second-order valence-electron chi connectivity index (χ2n) is 5.34. The molecule has 0 saturated carbocycles. The smallest absolute Gasteiger partial charge is 0.416 e. The SMILES string of the molecule is CC1CC(=O)c2ccc(Oc3ccc(C(F)(F)F)cc3)cc2O1. The fraction of sp³-hybridized carbons (Fsp3) is 0.235. The first-order chi connectivity index (χ1) is 10.8. The Balaban J connectivity index is 1.81. The second kappa shape index (κ2) is 5.61. The largest absolute Gasteiger partial charge is 0.489 e. The molecule has 1 unspecified atom stereocenters. The number of benzene rings is 2. The zero-order valence-electron chi connectivity index (χ0n) is 12.2. The molecule has 1 heterocycles. The standard InChI is InChI=1S/C17H13F3O3/c1-10-8-15(21)14-7-6-13(9-16(14)22-10)23-12-4-2-11(3-5-12)17(18,19)20/h2-7,9-10H,8H2,1H3. The van der Waals surface area contributed by atoms with E-state index >= 15 is 0 Å². The summed E-state index contributed by atoms with van der Waals surface area (Å²) in [4.78, 5) is 11.9. The predicted octanol–water partition coefficient (Wildman–Crippen LogP) is 4.85. The van der Waals surface area contributed by atoms with E-state index in [1.807, 2.05) is 0 Å². The first-order valence-corrected chi connectivity index (χ1v) is 7.02. The summed E-state index contributed by atoms with van der Waals surface area (Å²) in [6, 6.07) is 9.16. The van der Waals surface area contributed by atoms with Gasteiger partial charge in [-0.05, 0) is 43.3 Å². The lowest BCUT2D eigenvalue weighted by atomic mass is 10.0. The number of hydrogen-bond donors (Lipinski definition) is 0. The van der Waals surface area contributed by atoms with Crippen molar-refractivity contribution in [2.75, 3.05) is 0 Å². The van der Waals surface area contributed by atoms with Crippen LogP contribution in [0.15, 0.2) is 42.5 Å². The summed E-state index contributed by atoms with van der Waals surface area (Å²) in [5, 5.41) is 0. The van der Waals surface area contributed by atoms with Gasteiger partial charge in [-0.15, -0.1) is 0 Å². The highest BCUT2D eigenvalue weighted by molar-refractivity contribution is 6.00. The van der Waals surface area contributed by atoms with Crippen molar-refractivity contribution in [2.45, 2.75) is 25.6 Å². The van der Waals surface area contributed by atoms with Crippen LogP contribution in [0, 0.1) is 0 Å². The van der Waals surface area contributed by atoms with Gasteiger partial charge in [0, 0.05) is 12.5 Å². The van der Waals surface area contributed by atoms with Crippen LogP contribution >= 0.6 is 0 Å². The Hall–Kier alpha value is -2.50. The van der Waals surface area contributed by atoms with Gasteiger partial charge >= 0.3 is 6.18 Å². The van der Waals surface area contributed by atoms with Crippen LogP contribution in [0.1, 0.15) is 29.3 Å². The number of ketones is 1. The van der Waals surface area contributed by atoms with Crippen LogP contribution < -0.4 is 9.47 Å². The molecule has 0 spiro atoms. The number of halogens is 3. The van der Waals surface area contributed by atoms with E-state index in [0.717, 1.165) is 12.1 Å². The fourth-order valence-electron chi connectivity index (χ4n) is 2.37. The van der Waals surface area contributed by atoms with Crippen molar-refractivity contribution in [1.82, 2.24) is 0 Å². The van der Waals surface area contributed by atoms with E-state index in [1.165, 1.54) is 12.1 Å². The molecule has 1 aliphatic rings. The predicted molar refractivity (Wildman–Crippen MR) is 77.0 cm³/mol. The minimum absolute atomic E-state index is 0.000157. The Labute approximate surface area is 130 Å². The maximum absolute atomic E-state index is 12.5. The molecule has 120 valence electrons. The molecular weight excluding hydrogens is 309 g/mol. The van der Waals surface area contributed by atoms with Crippen LogP contribution in [0.2, 0.25) is 0 Å². The van der Waals surface area contributed by atoms with Gasteiger partial charge in [-0.1, -0.05) is 0 Å². The summed E-state index contributed by atoms with van der Waals surface area (Å²) in [6.45, 7) is 1.80. The van der Waals surface area contributed by atoms with Gasteiger partial charge < -0.3 is 9.47 Å². The highest BCUT2D eigenvalue weighted by atomic mass is 19.4. The van der Waals surface area contributed by atoms with Crippen molar-refractivity contribution >= 4 is 5.78 Å². The quantitative estimate of drug-likeness (QED) is 0.793. The average Bonchev–Trinajstić information content (AvgIpc) is 2.46. The van der Waals surface area contributed by atoms with Gasteiger partial charge in [0.15, 0.2) is 5.78 Å². The molecule has 3 nitrogen and oxygen atoms in total. The van der Waals surface area contributed by atoms with E-state index in [4.69, 9.17) is 9.47 Å². The van der Waals surface area contributed by atoms with Gasteiger partial charge in [-0.25, -0.2) is 0 Å². The van der Waals surface area contributed by atoms with Crippen molar-refractivity contribution < 1.29 is 27.4 Å². The van der Waals surface area contributed by atoms with Crippen molar-refractivity contribution in [3.8, 4) is 17.2 Å². The summed E-state index contributed by atoms with van der Waals surface area (Å²) in [6.07, 6.45) is -4.27. The molecule has 6 heteroatoms. The van der Waals surface area contributed by atoms with Crippen LogP contribution in [0.3, 0.4) is 0 Å². The third kappa shape index (κ3) is 3.31. The first-order valence-electron chi connectivity index (χ1n) is 7.02. The third-order valence-corrected chi connectivity index (χ3v) is 3.47. The number of carbonyl (C=O) groups is 1. The monoisotopic (exact) mass is 322 g/mol. The molecule has 1 aliphatic heterocycles. The number of rotatable bonds is 2. The lowest BCUT2D eigenvalue weighted by Crippen LogP contribution is -2.23. The highest BCUT2D eigenvalue weighted by Gasteiger charge is 2.30. The zero-order valence-corrected chi connectivity index (χ0v) is 12.2. The van der Waals surface area contributed by atoms with E-state index < -0.39 is 11.7 Å². The number of Topliss-reactive ketones (excluding diaryl/α,β-unsaturated/α-hetero) is 1. The van der Waals surface area contributed by atoms with Crippen LogP contribution in [0.4, 0.5) is 13.2 Å². The number of fused-ring (bicyclic) bond motifs is 1. The van der Waals surface area contributed by atoms with E-state index in [1.54, 1.807) is 25.1 Å². The molecule has 2 aromatic carbocycles. The number of ether oxygens (including phenoxy) is 2. The Morgan fingerprint density at radius 1 is 1.09 bits per heavy atom. The minimum atomic E-state index is -4.38. The van der Waals surface area contributed by atoms with Crippen molar-refractivity contribution in [1.29, 1.82) is 0 Å². The lowest BCUT2D eigenvalue weighted by molar-refractivity contribution is -0.137. The Morgan fingerprint density at radius 2 is 1.74 bits per heavy atom. The molecule has 0 amide bonds. The second-order valence-corrected chi connectivity index (χ2v) is 5.34. The van der Waals surface area contributed by atoms with E-state index in [-0.39, 0.29) is 17.6 Å². The first kappa shape index (κ1) is 15.4. The lowest BCUT2D eigenvalue weighted by Gasteiger charge is -2.22. The third-order valence-electron chi connectivity index (χ3n) is 3.47. The molecule has 0 aromatic heterocycles. The van der Waals surface area contributed by atoms with Crippen molar-refractivity contribution in [3.63, 3.8) is 0 Å². The van der Waals surface area contributed by atoms with Gasteiger partial charge in [0.25, 0.3) is 0 Å². The Bertz CT molecular complexity index is 736. The number of hydrogen-bond acceptors (Lipinski definition) is 3. The van der Waals surface area contributed by atoms with Gasteiger partial charge in [0.05, 0.1) is 11.1 Å². The van der Waals surface area contributed by atoms with Crippen molar-refractivity contribution in [3.05, 3.63) is 53.6 Å². The van der Waals surface area contributed by atoms with Gasteiger partial charge in [-0.3, -0.25) is 4.79 Å². The molecule has 0 N–H and O–H groups in total. The van der Waals surface area contributed by atoms with E-state index in [0.29, 0.717) is 23.5 Å². The minimum Gasteiger partial charge on any atom is -0.489 e. The molecule has 2 aromatic rings. The molecule has 1 atom stereocenters. The van der Waals surface area contributed by atoms with Crippen LogP contribution in [0.25, 0.3) is 0 Å². The maximum atomic E-state index is 12.5. The summed E-state index contributed by atoms with van der Waals surface area (Å²) in [7, 11) is 0. The van der Waals surface area contributed by atoms with Gasteiger partial charge in [0.1, 0.15) is 23.4 Å². The number of carbonyl (C=O) groups excluding carboxylic acids is 1. The van der Waals surface area contributed by atoms with Gasteiger partial charge in [0.2, 0.25) is 0 Å². The fourth-order valence-corrected chi connectivity index (χ4v) is 2.37. The van der Waals surface area contributed by atoms with E-state index in [9.17, 15) is 18.0 Å². The molecule has 0 bridgehead atoms. The van der Waals surface area contributed by atoms with E-state index in [2.05, 4.69) is 0 Å². The molecule has 0 fully saturated rings. The Kier molecular flexibility index (Phi) is 3.75. The summed E-state index contributed by atoms with van der Waals surface area (Å²) >= 11 is 0. The molecular formula is C17H13F3O3. The maximum Gasteiger partial charge on any atom is 0.416 e. The normalized spacial score (nSPS) is 17.4. The van der Waals surface area contributed by atoms with Crippen LogP contribution in [0.5, 0.6) is 17.2 Å². The molecule has 0 aliphatic carbocycles. The highest BCUT2D eigenvalue weighted by Crippen LogP contribution is 2.34. The average molecular weight is 322 g/mol. The topological polar surface area (TPSA) is 35.5 Å². The van der Waals surface area contributed by atoms with Crippen LogP contribution in [-0.4, -0.2) is 11.9 Å². The molecule has 0 radical (unpaired) electrons.